The van der Waals surface area contributed by atoms with Crippen LogP contribution in [-0.4, -0.2) is 9.78 Å². The number of hydrogen-bond acceptors (Lipinski definition) is 2. The third kappa shape index (κ3) is 2.46. The fraction of sp³-hybridized carbons (Fsp3) is 0.769. The van der Waals surface area contributed by atoms with Crippen LogP contribution in [0.25, 0.3) is 0 Å². The van der Waals surface area contributed by atoms with E-state index in [2.05, 4.69) is 22.9 Å². The highest BCUT2D eigenvalue weighted by Crippen LogP contribution is 2.33. The molecule has 2 rings (SSSR count). The van der Waals surface area contributed by atoms with Crippen LogP contribution in [0.2, 0.25) is 0 Å². The van der Waals surface area contributed by atoms with Gasteiger partial charge in [0.25, 0.3) is 0 Å². The van der Waals surface area contributed by atoms with Gasteiger partial charge in [0.15, 0.2) is 0 Å². The van der Waals surface area contributed by atoms with Crippen LogP contribution >= 0.6 is 0 Å². The Morgan fingerprint density at radius 2 is 2.38 bits per heavy atom. The Kier molecular flexibility index (Phi) is 3.64. The molecule has 16 heavy (non-hydrogen) atoms. The average molecular weight is 221 g/mol. The molecule has 0 radical (unpaired) electrons. The van der Waals surface area contributed by atoms with Gasteiger partial charge in [0.2, 0.25) is 0 Å². The van der Waals surface area contributed by atoms with Gasteiger partial charge in [-0.15, -0.1) is 0 Å². The molecule has 0 amide bonds. The Morgan fingerprint density at radius 1 is 1.56 bits per heavy atom. The molecule has 3 unspecified atom stereocenters. The quantitative estimate of drug-likeness (QED) is 0.852. The molecule has 0 spiro atoms. The van der Waals surface area contributed by atoms with E-state index in [4.69, 9.17) is 5.73 Å². The lowest BCUT2D eigenvalue weighted by Crippen LogP contribution is -2.19. The first-order chi connectivity index (χ1) is 7.70. The molecule has 90 valence electrons. The summed E-state index contributed by atoms with van der Waals surface area (Å²) in [5.74, 6) is 0.890. The van der Waals surface area contributed by atoms with Crippen LogP contribution in [0.1, 0.15) is 63.6 Å². The SMILES string of the molecule is CCC1CCCC(n2cc(C(C)N)cn2)C1. The molecule has 2 N–H and O–H groups in total. The highest BCUT2D eigenvalue weighted by atomic mass is 15.3. The fourth-order valence-corrected chi connectivity index (χ4v) is 2.66. The summed E-state index contributed by atoms with van der Waals surface area (Å²) in [7, 11) is 0. The molecule has 1 saturated carbocycles. The van der Waals surface area contributed by atoms with Gasteiger partial charge in [0, 0.05) is 17.8 Å². The number of hydrogen-bond donors (Lipinski definition) is 1. The van der Waals surface area contributed by atoms with Crippen LogP contribution < -0.4 is 5.73 Å². The smallest absolute Gasteiger partial charge is 0.0537 e. The van der Waals surface area contributed by atoms with Gasteiger partial charge < -0.3 is 5.73 Å². The number of nitrogens with zero attached hydrogens (tertiary/aromatic N) is 2. The molecule has 1 aromatic rings. The maximum absolute atomic E-state index is 5.86. The molecule has 1 aromatic heterocycles. The predicted molar refractivity (Wildman–Crippen MR) is 66.1 cm³/mol. The number of rotatable bonds is 3. The molecule has 0 bridgehead atoms. The normalized spacial score (nSPS) is 27.9. The van der Waals surface area contributed by atoms with Gasteiger partial charge in [0.1, 0.15) is 0 Å². The van der Waals surface area contributed by atoms with Gasteiger partial charge >= 0.3 is 0 Å². The van der Waals surface area contributed by atoms with Gasteiger partial charge in [-0.1, -0.05) is 26.2 Å². The van der Waals surface area contributed by atoms with E-state index in [0.717, 1.165) is 11.5 Å². The van der Waals surface area contributed by atoms with Gasteiger partial charge in [-0.2, -0.15) is 5.10 Å². The fourth-order valence-electron chi connectivity index (χ4n) is 2.66. The minimum atomic E-state index is 0.0966. The second-order valence-corrected chi connectivity index (χ2v) is 5.14. The summed E-state index contributed by atoms with van der Waals surface area (Å²) >= 11 is 0. The van der Waals surface area contributed by atoms with Gasteiger partial charge in [-0.05, 0) is 25.7 Å². The Bertz CT molecular complexity index is 330. The molecule has 1 aliphatic carbocycles. The van der Waals surface area contributed by atoms with Crippen LogP contribution in [-0.2, 0) is 0 Å². The van der Waals surface area contributed by atoms with Crippen LogP contribution in [0.4, 0.5) is 0 Å². The van der Waals surface area contributed by atoms with Crippen LogP contribution in [0, 0.1) is 5.92 Å². The van der Waals surface area contributed by atoms with Crippen LogP contribution in [0.3, 0.4) is 0 Å². The largest absolute Gasteiger partial charge is 0.324 e. The lowest BCUT2D eigenvalue weighted by Gasteiger charge is -2.28. The first kappa shape index (κ1) is 11.6. The summed E-state index contributed by atoms with van der Waals surface area (Å²) in [5, 5.41) is 4.47. The summed E-state index contributed by atoms with van der Waals surface area (Å²) in [4.78, 5) is 0. The maximum Gasteiger partial charge on any atom is 0.0537 e. The topological polar surface area (TPSA) is 43.8 Å². The molecule has 1 heterocycles. The van der Waals surface area contributed by atoms with Crippen molar-refractivity contribution in [2.45, 2.75) is 58.0 Å². The van der Waals surface area contributed by atoms with E-state index in [1.807, 2.05) is 13.1 Å². The molecular formula is C13H23N3. The molecule has 0 saturated heterocycles. The van der Waals surface area contributed by atoms with Crippen LogP contribution in [0.15, 0.2) is 12.4 Å². The highest BCUT2D eigenvalue weighted by Gasteiger charge is 2.22. The van der Waals surface area contributed by atoms with Crippen molar-refractivity contribution in [3.63, 3.8) is 0 Å². The standard InChI is InChI=1S/C13H23N3/c1-3-11-5-4-6-13(7-11)16-9-12(8-15-16)10(2)14/h8-11,13H,3-7,14H2,1-2H3. The number of aromatic nitrogens is 2. The zero-order chi connectivity index (χ0) is 11.5. The van der Waals surface area contributed by atoms with Gasteiger partial charge in [0.05, 0.1) is 12.2 Å². The van der Waals surface area contributed by atoms with E-state index in [1.54, 1.807) is 0 Å². The molecule has 0 aromatic carbocycles. The minimum Gasteiger partial charge on any atom is -0.324 e. The van der Waals surface area contributed by atoms with Crippen molar-refractivity contribution in [2.24, 2.45) is 11.7 Å². The van der Waals surface area contributed by atoms with Crippen molar-refractivity contribution in [2.75, 3.05) is 0 Å². The van der Waals surface area contributed by atoms with Crippen molar-refractivity contribution in [3.05, 3.63) is 18.0 Å². The Morgan fingerprint density at radius 3 is 3.00 bits per heavy atom. The molecule has 0 aliphatic heterocycles. The van der Waals surface area contributed by atoms with E-state index < -0.39 is 0 Å². The summed E-state index contributed by atoms with van der Waals surface area (Å²) in [6.45, 7) is 4.31. The molecule has 3 nitrogen and oxygen atoms in total. The Balaban J connectivity index is 2.05. The maximum atomic E-state index is 5.86. The first-order valence-corrected chi connectivity index (χ1v) is 6.50. The van der Waals surface area contributed by atoms with Crippen LogP contribution in [0.5, 0.6) is 0 Å². The van der Waals surface area contributed by atoms with Crippen molar-refractivity contribution >= 4 is 0 Å². The first-order valence-electron chi connectivity index (χ1n) is 6.50. The average Bonchev–Trinajstić information content (AvgIpc) is 2.78. The van der Waals surface area contributed by atoms with Crippen molar-refractivity contribution in [1.29, 1.82) is 0 Å². The van der Waals surface area contributed by atoms with Gasteiger partial charge in [-0.25, -0.2) is 0 Å². The predicted octanol–water partition coefficient (Wildman–Crippen LogP) is 3.04. The minimum absolute atomic E-state index is 0.0966. The second kappa shape index (κ2) is 5.00. The Hall–Kier alpha value is -0.830. The zero-order valence-corrected chi connectivity index (χ0v) is 10.4. The Labute approximate surface area is 98.0 Å². The summed E-state index contributed by atoms with van der Waals surface area (Å²) in [6.07, 6.45) is 10.7. The summed E-state index contributed by atoms with van der Waals surface area (Å²) in [5.41, 5.74) is 7.01. The molecule has 3 heteroatoms. The lowest BCUT2D eigenvalue weighted by molar-refractivity contribution is 0.247. The molecule has 1 fully saturated rings. The van der Waals surface area contributed by atoms with E-state index in [-0.39, 0.29) is 6.04 Å². The van der Waals surface area contributed by atoms with E-state index in [9.17, 15) is 0 Å². The number of nitrogens with two attached hydrogens (primary N) is 1. The zero-order valence-electron chi connectivity index (χ0n) is 10.4. The third-order valence-electron chi connectivity index (χ3n) is 3.85. The second-order valence-electron chi connectivity index (χ2n) is 5.14. The van der Waals surface area contributed by atoms with Crippen molar-refractivity contribution in [3.8, 4) is 0 Å². The molecule has 3 atom stereocenters. The monoisotopic (exact) mass is 221 g/mol. The van der Waals surface area contributed by atoms with Crippen molar-refractivity contribution in [1.82, 2.24) is 9.78 Å². The summed E-state index contributed by atoms with van der Waals surface area (Å²) in [6, 6.07) is 0.700. The highest BCUT2D eigenvalue weighted by molar-refractivity contribution is 5.08. The van der Waals surface area contributed by atoms with Crippen molar-refractivity contribution < 1.29 is 0 Å². The van der Waals surface area contributed by atoms with E-state index >= 15 is 0 Å². The summed E-state index contributed by atoms with van der Waals surface area (Å²) < 4.78 is 2.14. The third-order valence-corrected chi connectivity index (χ3v) is 3.85. The lowest BCUT2D eigenvalue weighted by atomic mass is 9.84. The van der Waals surface area contributed by atoms with Gasteiger partial charge in [-0.3, -0.25) is 4.68 Å². The van der Waals surface area contributed by atoms with E-state index in [0.29, 0.717) is 6.04 Å². The van der Waals surface area contributed by atoms with E-state index in [1.165, 1.54) is 32.1 Å². The molecular weight excluding hydrogens is 198 g/mol. The molecule has 1 aliphatic rings.